The maximum atomic E-state index is 11.3. The van der Waals surface area contributed by atoms with Crippen molar-refractivity contribution in [3.63, 3.8) is 0 Å². The fraction of sp³-hybridized carbons (Fsp3) is 0.846. The Morgan fingerprint density at radius 1 is 0.944 bits per heavy atom. The quantitative estimate of drug-likeness (QED) is 0.595. The number of nitrogens with one attached hydrogen (secondary N) is 1. The number of carbonyl (C=O) groups is 2. The highest BCUT2D eigenvalue weighted by atomic mass is 16.5. The monoisotopic (exact) mass is 509 g/mol. The Morgan fingerprint density at radius 3 is 2.08 bits per heavy atom. The van der Waals surface area contributed by atoms with E-state index in [4.69, 9.17) is 14.0 Å². The zero-order chi connectivity index (χ0) is 26.3. The van der Waals surface area contributed by atoms with Gasteiger partial charge in [0.05, 0.1) is 31.0 Å². The molecular weight excluding hydrogens is 462 g/mol. The van der Waals surface area contributed by atoms with Crippen molar-refractivity contribution < 1.29 is 23.6 Å². The molecule has 3 fully saturated rings. The Bertz CT molecular complexity index is 768. The third-order valence-corrected chi connectivity index (χ3v) is 6.68. The second kappa shape index (κ2) is 16.7. The minimum atomic E-state index is -0.0419. The van der Waals surface area contributed by atoms with Gasteiger partial charge in [0.15, 0.2) is 5.82 Å². The van der Waals surface area contributed by atoms with Crippen LogP contribution in [0.1, 0.15) is 70.0 Å². The summed E-state index contributed by atoms with van der Waals surface area (Å²) >= 11 is 0. The number of rotatable bonds is 5. The number of likely N-dealkylation sites (tertiary alicyclic amines) is 2. The molecule has 3 unspecified atom stereocenters. The average Bonchev–Trinajstić information content (AvgIpc) is 3.32. The number of aromatic nitrogens is 2. The Hall–Kier alpha value is -2.04. The van der Waals surface area contributed by atoms with Crippen molar-refractivity contribution in [3.05, 3.63) is 11.7 Å². The number of esters is 2. The summed E-state index contributed by atoms with van der Waals surface area (Å²) in [5.41, 5.74) is 0. The lowest BCUT2D eigenvalue weighted by molar-refractivity contribution is -0.150. The largest absolute Gasteiger partial charge is 0.466 e. The second-order valence-electron chi connectivity index (χ2n) is 9.93. The summed E-state index contributed by atoms with van der Waals surface area (Å²) in [6.07, 6.45) is 6.56. The number of hydrogen-bond acceptors (Lipinski definition) is 10. The van der Waals surface area contributed by atoms with Crippen LogP contribution in [-0.2, 0) is 19.1 Å². The van der Waals surface area contributed by atoms with E-state index >= 15 is 0 Å². The van der Waals surface area contributed by atoms with E-state index < -0.39 is 0 Å². The molecule has 1 aromatic rings. The molecule has 206 valence electrons. The molecule has 36 heavy (non-hydrogen) atoms. The van der Waals surface area contributed by atoms with Gasteiger partial charge >= 0.3 is 11.9 Å². The van der Waals surface area contributed by atoms with Gasteiger partial charge in [-0.1, -0.05) is 5.16 Å². The Morgan fingerprint density at radius 2 is 1.56 bits per heavy atom. The minimum Gasteiger partial charge on any atom is -0.466 e. The first-order valence-corrected chi connectivity index (χ1v) is 13.5. The number of aryl methyl sites for hydroxylation is 1. The normalized spacial score (nSPS) is 25.0. The lowest BCUT2D eigenvalue weighted by atomic mass is 9.99. The van der Waals surface area contributed by atoms with Gasteiger partial charge in [0.25, 0.3) is 0 Å². The standard InChI is InChI=1S/C9H15N3O.C9H17NO2.C8H15NO2/c1-7-10-9(13-11-7)8-4-3-5-12(2)6-8;1-3-12-9(11)8-5-4-6-10(2)7-8;1-2-11-8(10)7-4-3-5-9-6-7/h8H,3-6H2,1-2H3;8H,3-7H2,1-2H3;7,9H,2-6H2,1H3. The first kappa shape index (κ1) is 30.2. The molecule has 0 amide bonds. The number of carbonyl (C=O) groups excluding carboxylic acids is 2. The molecule has 10 heteroatoms. The zero-order valence-electron chi connectivity index (χ0n) is 23.0. The summed E-state index contributed by atoms with van der Waals surface area (Å²) in [6.45, 7) is 12.6. The molecule has 3 aliphatic heterocycles. The molecule has 4 rings (SSSR count). The summed E-state index contributed by atoms with van der Waals surface area (Å²) in [5.74, 6) is 2.14. The summed E-state index contributed by atoms with van der Waals surface area (Å²) in [7, 11) is 4.18. The van der Waals surface area contributed by atoms with Gasteiger partial charge in [-0.15, -0.1) is 0 Å². The molecule has 0 saturated carbocycles. The molecule has 1 N–H and O–H groups in total. The average molecular weight is 510 g/mol. The number of ether oxygens (including phenoxy) is 2. The smallest absolute Gasteiger partial charge is 0.310 e. The fourth-order valence-electron chi connectivity index (χ4n) is 4.78. The first-order chi connectivity index (χ1) is 17.3. The highest BCUT2D eigenvalue weighted by molar-refractivity contribution is 5.73. The van der Waals surface area contributed by atoms with Crippen LogP contribution in [-0.4, -0.2) is 98.5 Å². The molecule has 10 nitrogen and oxygen atoms in total. The lowest BCUT2D eigenvalue weighted by Crippen LogP contribution is -2.36. The number of likely N-dealkylation sites (N-methyl/N-ethyl adjacent to an activating group) is 1. The van der Waals surface area contributed by atoms with Crippen LogP contribution in [0.5, 0.6) is 0 Å². The molecule has 1 aromatic heterocycles. The van der Waals surface area contributed by atoms with Crippen LogP contribution in [0.4, 0.5) is 0 Å². The maximum absolute atomic E-state index is 11.3. The van der Waals surface area contributed by atoms with Crippen LogP contribution >= 0.6 is 0 Å². The molecule has 0 bridgehead atoms. The van der Waals surface area contributed by atoms with Crippen molar-refractivity contribution in [1.29, 1.82) is 0 Å². The Kier molecular flexibility index (Phi) is 14.0. The summed E-state index contributed by atoms with van der Waals surface area (Å²) < 4.78 is 15.0. The molecule has 0 spiro atoms. The van der Waals surface area contributed by atoms with Crippen molar-refractivity contribution in [3.8, 4) is 0 Å². The van der Waals surface area contributed by atoms with E-state index in [0.717, 1.165) is 70.1 Å². The van der Waals surface area contributed by atoms with E-state index in [1.165, 1.54) is 19.4 Å². The Labute approximate surface area is 216 Å². The van der Waals surface area contributed by atoms with Crippen molar-refractivity contribution in [1.82, 2.24) is 25.3 Å². The lowest BCUT2D eigenvalue weighted by Gasteiger charge is -2.27. The van der Waals surface area contributed by atoms with E-state index in [-0.39, 0.29) is 23.8 Å². The SMILES string of the molecule is CCOC(=O)C1CCCN(C)C1.CCOC(=O)C1CCCNC1.Cc1noc(C2CCCN(C)C2)n1. The first-order valence-electron chi connectivity index (χ1n) is 13.5. The van der Waals surface area contributed by atoms with Crippen LogP contribution in [0.2, 0.25) is 0 Å². The molecular formula is C26H47N5O5. The van der Waals surface area contributed by atoms with Crippen molar-refractivity contribution in [2.75, 3.05) is 66.6 Å². The predicted octanol–water partition coefficient (Wildman–Crippen LogP) is 2.63. The van der Waals surface area contributed by atoms with Crippen molar-refractivity contribution in [2.45, 2.75) is 65.2 Å². The molecule has 0 aromatic carbocycles. The van der Waals surface area contributed by atoms with E-state index in [2.05, 4.69) is 32.3 Å². The molecule has 0 radical (unpaired) electrons. The topological polar surface area (TPSA) is 110 Å². The van der Waals surface area contributed by atoms with Crippen LogP contribution in [0.25, 0.3) is 0 Å². The maximum Gasteiger partial charge on any atom is 0.310 e. The van der Waals surface area contributed by atoms with Crippen LogP contribution in [0.3, 0.4) is 0 Å². The molecule has 0 aliphatic carbocycles. The van der Waals surface area contributed by atoms with Gasteiger partial charge in [0.2, 0.25) is 5.89 Å². The highest BCUT2D eigenvalue weighted by Gasteiger charge is 2.25. The summed E-state index contributed by atoms with van der Waals surface area (Å²) in [5, 5.41) is 6.99. The molecule has 3 saturated heterocycles. The van der Waals surface area contributed by atoms with Gasteiger partial charge in [-0.05, 0) is 93.0 Å². The van der Waals surface area contributed by atoms with Crippen molar-refractivity contribution >= 4 is 11.9 Å². The number of nitrogens with zero attached hydrogens (tertiary/aromatic N) is 4. The van der Waals surface area contributed by atoms with E-state index in [9.17, 15) is 9.59 Å². The third-order valence-electron chi connectivity index (χ3n) is 6.68. The third kappa shape index (κ3) is 10.9. The van der Waals surface area contributed by atoms with Crippen LogP contribution < -0.4 is 5.32 Å². The Balaban J connectivity index is 0.000000191. The summed E-state index contributed by atoms with van der Waals surface area (Å²) in [4.78, 5) is 31.2. The van der Waals surface area contributed by atoms with Crippen LogP contribution in [0.15, 0.2) is 4.52 Å². The van der Waals surface area contributed by atoms with Gasteiger partial charge in [0, 0.05) is 19.6 Å². The van der Waals surface area contributed by atoms with E-state index in [1.54, 1.807) is 0 Å². The molecule has 4 heterocycles. The van der Waals surface area contributed by atoms with Gasteiger partial charge in [-0.3, -0.25) is 9.59 Å². The van der Waals surface area contributed by atoms with Gasteiger partial charge in [-0.25, -0.2) is 0 Å². The summed E-state index contributed by atoms with van der Waals surface area (Å²) in [6, 6.07) is 0. The zero-order valence-corrected chi connectivity index (χ0v) is 23.0. The highest BCUT2D eigenvalue weighted by Crippen LogP contribution is 2.24. The van der Waals surface area contributed by atoms with Crippen LogP contribution in [0, 0.1) is 18.8 Å². The number of piperidine rings is 3. The van der Waals surface area contributed by atoms with Gasteiger partial charge < -0.3 is 29.1 Å². The molecule has 3 aliphatic rings. The second-order valence-corrected chi connectivity index (χ2v) is 9.93. The predicted molar refractivity (Wildman–Crippen MR) is 138 cm³/mol. The van der Waals surface area contributed by atoms with E-state index in [1.807, 2.05) is 27.8 Å². The molecule has 3 atom stereocenters. The van der Waals surface area contributed by atoms with Gasteiger partial charge in [0.1, 0.15) is 0 Å². The fourth-order valence-corrected chi connectivity index (χ4v) is 4.78. The van der Waals surface area contributed by atoms with E-state index in [0.29, 0.717) is 19.1 Å². The minimum absolute atomic E-state index is 0.0240. The van der Waals surface area contributed by atoms with Gasteiger partial charge in [-0.2, -0.15) is 4.98 Å². The number of hydrogen-bond donors (Lipinski definition) is 1. The van der Waals surface area contributed by atoms with Crippen molar-refractivity contribution in [2.24, 2.45) is 11.8 Å².